The van der Waals surface area contributed by atoms with E-state index in [4.69, 9.17) is 0 Å². The van der Waals surface area contributed by atoms with Crippen LogP contribution in [0.5, 0.6) is 0 Å². The number of allylic oxidation sites excluding steroid dienone is 3. The fourth-order valence-electron chi connectivity index (χ4n) is 3.44. The second-order valence-electron chi connectivity index (χ2n) is 8.03. The van der Waals surface area contributed by atoms with Gasteiger partial charge in [-0.1, -0.05) is 79.9 Å². The number of hydrogen-bond acceptors (Lipinski definition) is 1. The van der Waals surface area contributed by atoms with Gasteiger partial charge in [0.1, 0.15) is 14.2 Å². The molecule has 1 unspecified atom stereocenters. The third-order valence-electron chi connectivity index (χ3n) is 4.78. The number of aliphatic hydroxyl groups is 1. The molecular formula is C25H22OSi. The van der Waals surface area contributed by atoms with E-state index < -0.39 is 14.2 Å². The molecule has 0 saturated carbocycles. The summed E-state index contributed by atoms with van der Waals surface area (Å²) < 4.78 is 0. The summed E-state index contributed by atoms with van der Waals surface area (Å²) in [6, 6.07) is 18.1. The minimum atomic E-state index is -1.52. The quantitative estimate of drug-likeness (QED) is 0.507. The first-order valence-corrected chi connectivity index (χ1v) is 12.8. The monoisotopic (exact) mass is 366 g/mol. The first kappa shape index (κ1) is 17.6. The van der Waals surface area contributed by atoms with Gasteiger partial charge >= 0.3 is 0 Å². The molecule has 4 rings (SSSR count). The molecule has 0 aromatic heterocycles. The molecule has 0 aliphatic heterocycles. The van der Waals surface area contributed by atoms with Crippen LogP contribution in [-0.4, -0.2) is 13.2 Å². The highest BCUT2D eigenvalue weighted by molar-refractivity contribution is 6.83. The molecule has 0 heterocycles. The largest absolute Gasteiger partial charge is 0.383 e. The van der Waals surface area contributed by atoms with Gasteiger partial charge in [0, 0.05) is 23.1 Å². The molecular weight excluding hydrogens is 344 g/mol. The number of benzene rings is 2. The van der Waals surface area contributed by atoms with Crippen molar-refractivity contribution >= 4 is 13.6 Å². The summed E-state index contributed by atoms with van der Waals surface area (Å²) in [5, 5.41) is 10.9. The number of aliphatic hydroxyl groups excluding tert-OH is 1. The highest BCUT2D eigenvalue weighted by Crippen LogP contribution is 2.51. The van der Waals surface area contributed by atoms with Gasteiger partial charge in [0.05, 0.1) is 0 Å². The van der Waals surface area contributed by atoms with Crippen LogP contribution in [0.25, 0.3) is 5.57 Å². The first-order valence-electron chi connectivity index (χ1n) is 9.28. The Balaban J connectivity index is 1.84. The van der Waals surface area contributed by atoms with Crippen molar-refractivity contribution in [3.05, 3.63) is 88.0 Å². The lowest BCUT2D eigenvalue weighted by atomic mass is 9.69. The molecule has 1 N–H and O–H groups in total. The molecule has 2 aliphatic carbocycles. The van der Waals surface area contributed by atoms with Crippen molar-refractivity contribution in [2.24, 2.45) is 0 Å². The van der Waals surface area contributed by atoms with Crippen molar-refractivity contribution in [3.63, 3.8) is 0 Å². The zero-order chi connectivity index (χ0) is 19.0. The zero-order valence-corrected chi connectivity index (χ0v) is 16.9. The molecule has 0 bridgehead atoms. The molecule has 0 spiro atoms. The van der Waals surface area contributed by atoms with Crippen molar-refractivity contribution in [1.82, 2.24) is 0 Å². The van der Waals surface area contributed by atoms with E-state index in [0.29, 0.717) is 0 Å². The van der Waals surface area contributed by atoms with Crippen LogP contribution in [0.15, 0.2) is 71.3 Å². The number of fused-ring (bicyclic) bond motifs is 3. The highest BCUT2D eigenvalue weighted by atomic mass is 28.3. The molecule has 1 nitrogen and oxygen atoms in total. The average molecular weight is 367 g/mol. The van der Waals surface area contributed by atoms with Gasteiger partial charge in [0.15, 0.2) is 0 Å². The van der Waals surface area contributed by atoms with Crippen LogP contribution in [0, 0.1) is 23.3 Å². The van der Waals surface area contributed by atoms with Gasteiger partial charge in [-0.05, 0) is 34.4 Å². The predicted molar refractivity (Wildman–Crippen MR) is 114 cm³/mol. The van der Waals surface area contributed by atoms with Crippen LogP contribution in [-0.2, 0) is 0 Å². The van der Waals surface area contributed by atoms with E-state index in [2.05, 4.69) is 49.0 Å². The molecule has 0 amide bonds. The van der Waals surface area contributed by atoms with Gasteiger partial charge in [-0.15, -0.1) is 5.54 Å². The number of hydrogen-bond donors (Lipinski definition) is 1. The summed E-state index contributed by atoms with van der Waals surface area (Å²) in [7, 11) is -1.52. The Labute approximate surface area is 162 Å². The second-order valence-corrected chi connectivity index (χ2v) is 12.8. The van der Waals surface area contributed by atoms with E-state index in [1.807, 2.05) is 48.5 Å². The molecule has 27 heavy (non-hydrogen) atoms. The van der Waals surface area contributed by atoms with Crippen molar-refractivity contribution in [1.29, 1.82) is 0 Å². The van der Waals surface area contributed by atoms with Gasteiger partial charge in [-0.25, -0.2) is 0 Å². The maximum absolute atomic E-state index is 10.9. The Kier molecular flexibility index (Phi) is 4.40. The van der Waals surface area contributed by atoms with Crippen molar-refractivity contribution in [2.45, 2.75) is 32.2 Å². The van der Waals surface area contributed by atoms with Crippen molar-refractivity contribution in [3.8, 4) is 23.3 Å². The Morgan fingerprint density at radius 1 is 0.889 bits per heavy atom. The Hall–Kier alpha value is -2.78. The maximum Gasteiger partial charge on any atom is 0.129 e. The van der Waals surface area contributed by atoms with E-state index in [0.717, 1.165) is 34.3 Å². The van der Waals surface area contributed by atoms with Crippen LogP contribution >= 0.6 is 0 Å². The molecule has 2 aromatic carbocycles. The van der Waals surface area contributed by atoms with Gasteiger partial charge < -0.3 is 5.11 Å². The Bertz CT molecular complexity index is 1090. The Morgan fingerprint density at radius 3 is 2.33 bits per heavy atom. The fourth-order valence-corrected chi connectivity index (χ4v) is 3.95. The van der Waals surface area contributed by atoms with Gasteiger partial charge in [0.25, 0.3) is 0 Å². The summed E-state index contributed by atoms with van der Waals surface area (Å²) in [6.07, 6.45) is 0.156. The summed E-state index contributed by atoms with van der Waals surface area (Å²) in [6.45, 7) is 6.67. The standard InChI is InChI=1S/C25H22OSi/c1-27(2,3)16-15-22-23-17-19(14-13-18-9-5-4-6-10-18)24(23)20-11-7-8-12-21(20)25(22)26/h4-12,25-26H,17H2,1-3H3. The molecule has 2 aliphatic rings. The molecule has 132 valence electrons. The minimum Gasteiger partial charge on any atom is -0.383 e. The summed E-state index contributed by atoms with van der Waals surface area (Å²) in [4.78, 5) is 0. The van der Waals surface area contributed by atoms with Crippen LogP contribution in [0.2, 0.25) is 19.6 Å². The molecule has 1 atom stereocenters. The van der Waals surface area contributed by atoms with E-state index in [-0.39, 0.29) is 0 Å². The summed E-state index contributed by atoms with van der Waals surface area (Å²) in [5.74, 6) is 9.97. The predicted octanol–water partition coefficient (Wildman–Crippen LogP) is 5.12. The molecule has 2 aromatic rings. The van der Waals surface area contributed by atoms with E-state index >= 15 is 0 Å². The summed E-state index contributed by atoms with van der Waals surface area (Å²) >= 11 is 0. The summed E-state index contributed by atoms with van der Waals surface area (Å²) in [5.41, 5.74) is 10.8. The Morgan fingerprint density at radius 2 is 1.59 bits per heavy atom. The van der Waals surface area contributed by atoms with Crippen LogP contribution < -0.4 is 0 Å². The molecule has 0 radical (unpaired) electrons. The van der Waals surface area contributed by atoms with Crippen molar-refractivity contribution < 1.29 is 5.11 Å². The normalized spacial score (nSPS) is 17.7. The third kappa shape index (κ3) is 3.43. The topological polar surface area (TPSA) is 20.2 Å². The van der Waals surface area contributed by atoms with Crippen molar-refractivity contribution in [2.75, 3.05) is 0 Å². The fraction of sp³-hybridized carbons (Fsp3) is 0.200. The van der Waals surface area contributed by atoms with Gasteiger partial charge in [-0.2, -0.15) is 0 Å². The third-order valence-corrected chi connectivity index (χ3v) is 5.66. The minimum absolute atomic E-state index is 0.632. The van der Waals surface area contributed by atoms with E-state index in [1.165, 1.54) is 11.1 Å². The lowest BCUT2D eigenvalue weighted by Crippen LogP contribution is -2.21. The molecule has 0 fully saturated rings. The smallest absolute Gasteiger partial charge is 0.129 e. The van der Waals surface area contributed by atoms with Crippen LogP contribution in [0.3, 0.4) is 0 Å². The van der Waals surface area contributed by atoms with Gasteiger partial charge in [0.2, 0.25) is 0 Å². The lowest BCUT2D eigenvalue weighted by Gasteiger charge is -2.34. The molecule has 2 heteroatoms. The second kappa shape index (κ2) is 6.75. The van der Waals surface area contributed by atoms with Crippen LogP contribution in [0.1, 0.15) is 29.2 Å². The average Bonchev–Trinajstić information content (AvgIpc) is 2.62. The lowest BCUT2D eigenvalue weighted by molar-refractivity contribution is 0.218. The highest BCUT2D eigenvalue weighted by Gasteiger charge is 2.36. The van der Waals surface area contributed by atoms with E-state index in [9.17, 15) is 5.11 Å². The SMILES string of the molecule is C[Si](C)(C)C#CC1=C2CC(C#Cc3ccccc3)=C2c2ccccc2C1O. The van der Waals surface area contributed by atoms with Gasteiger partial charge in [-0.3, -0.25) is 0 Å². The van der Waals surface area contributed by atoms with E-state index in [1.54, 1.807) is 0 Å². The first-order chi connectivity index (χ1) is 12.9. The zero-order valence-electron chi connectivity index (χ0n) is 15.9. The molecule has 0 saturated heterocycles. The number of rotatable bonds is 0. The van der Waals surface area contributed by atoms with Crippen LogP contribution in [0.4, 0.5) is 0 Å². The maximum atomic E-state index is 10.9.